The minimum atomic E-state index is -0.137. The summed E-state index contributed by atoms with van der Waals surface area (Å²) in [4.78, 5) is 13.4. The third-order valence-corrected chi connectivity index (χ3v) is 4.04. The number of amides is 2. The van der Waals surface area contributed by atoms with Crippen molar-refractivity contribution >= 4 is 22.0 Å². The van der Waals surface area contributed by atoms with Crippen LogP contribution in [0.15, 0.2) is 22.7 Å². The van der Waals surface area contributed by atoms with Crippen LogP contribution < -0.4 is 5.32 Å². The molecule has 5 heteroatoms. The van der Waals surface area contributed by atoms with Gasteiger partial charge in [-0.1, -0.05) is 28.1 Å². The van der Waals surface area contributed by atoms with Gasteiger partial charge in [0, 0.05) is 18.1 Å². The van der Waals surface area contributed by atoms with Crippen LogP contribution in [0, 0.1) is 0 Å². The molecule has 18 heavy (non-hydrogen) atoms. The number of aliphatic hydroxyl groups is 1. The summed E-state index contributed by atoms with van der Waals surface area (Å²) >= 11 is 3.54. The number of fused-ring (bicyclic) bond motifs is 1. The Morgan fingerprint density at radius 1 is 1.61 bits per heavy atom. The van der Waals surface area contributed by atoms with Gasteiger partial charge in [-0.2, -0.15) is 0 Å². The second kappa shape index (κ2) is 5.71. The van der Waals surface area contributed by atoms with Gasteiger partial charge in [-0.15, -0.1) is 0 Å². The molecule has 0 aromatic heterocycles. The maximum Gasteiger partial charge on any atom is 0.317 e. The van der Waals surface area contributed by atoms with Crippen molar-refractivity contribution in [3.63, 3.8) is 0 Å². The summed E-state index contributed by atoms with van der Waals surface area (Å²) in [5.74, 6) is 0. The van der Waals surface area contributed by atoms with Gasteiger partial charge in [-0.3, -0.25) is 0 Å². The minimum Gasteiger partial charge on any atom is -0.395 e. The van der Waals surface area contributed by atoms with Crippen molar-refractivity contribution in [1.29, 1.82) is 0 Å². The van der Waals surface area contributed by atoms with Crippen molar-refractivity contribution in [3.05, 3.63) is 33.8 Å². The number of rotatable bonds is 3. The van der Waals surface area contributed by atoms with E-state index in [0.29, 0.717) is 6.54 Å². The monoisotopic (exact) mass is 312 g/mol. The van der Waals surface area contributed by atoms with Crippen LogP contribution in [0.4, 0.5) is 4.79 Å². The zero-order chi connectivity index (χ0) is 13.1. The van der Waals surface area contributed by atoms with E-state index in [9.17, 15) is 4.79 Å². The first-order chi connectivity index (χ1) is 8.63. The molecule has 0 saturated carbocycles. The normalized spacial score (nSPS) is 17.4. The van der Waals surface area contributed by atoms with Crippen LogP contribution in [0.1, 0.15) is 23.6 Å². The molecule has 1 atom stereocenters. The van der Waals surface area contributed by atoms with E-state index >= 15 is 0 Å². The number of nitrogens with zero attached hydrogens (tertiary/aromatic N) is 1. The first kappa shape index (κ1) is 13.4. The van der Waals surface area contributed by atoms with Gasteiger partial charge < -0.3 is 15.3 Å². The molecule has 0 heterocycles. The Morgan fingerprint density at radius 3 is 3.11 bits per heavy atom. The fourth-order valence-electron chi connectivity index (χ4n) is 2.27. The summed E-state index contributed by atoms with van der Waals surface area (Å²) in [6.45, 7) is 0.334. The van der Waals surface area contributed by atoms with E-state index in [-0.39, 0.29) is 18.7 Å². The molecular weight excluding hydrogens is 296 g/mol. The van der Waals surface area contributed by atoms with Crippen LogP contribution in [-0.2, 0) is 6.42 Å². The zero-order valence-corrected chi connectivity index (χ0v) is 11.9. The summed E-state index contributed by atoms with van der Waals surface area (Å²) in [6.07, 6.45) is 1.90. The van der Waals surface area contributed by atoms with Crippen molar-refractivity contribution in [3.8, 4) is 0 Å². The quantitative estimate of drug-likeness (QED) is 0.897. The van der Waals surface area contributed by atoms with Crippen LogP contribution in [0.5, 0.6) is 0 Å². The summed E-state index contributed by atoms with van der Waals surface area (Å²) in [5.41, 5.74) is 2.47. The number of nitrogens with one attached hydrogen (secondary N) is 1. The molecule has 1 aromatic carbocycles. The Labute approximate surface area is 115 Å². The molecule has 1 aliphatic carbocycles. The van der Waals surface area contributed by atoms with E-state index in [2.05, 4.69) is 27.3 Å². The Bertz CT molecular complexity index is 451. The fourth-order valence-corrected chi connectivity index (χ4v) is 2.85. The molecular formula is C13H17BrN2O2. The molecule has 0 bridgehead atoms. The maximum atomic E-state index is 11.9. The molecule has 2 rings (SSSR count). The summed E-state index contributed by atoms with van der Waals surface area (Å²) < 4.78 is 1.11. The summed E-state index contributed by atoms with van der Waals surface area (Å²) in [5, 5.41) is 11.8. The van der Waals surface area contributed by atoms with Crippen LogP contribution in [0.2, 0.25) is 0 Å². The van der Waals surface area contributed by atoms with E-state index in [1.807, 2.05) is 12.1 Å². The number of hydrogen-bond donors (Lipinski definition) is 2. The average Bonchev–Trinajstić information content (AvgIpc) is 2.74. The number of hydrogen-bond acceptors (Lipinski definition) is 2. The maximum absolute atomic E-state index is 11.9. The van der Waals surface area contributed by atoms with Gasteiger partial charge in [0.25, 0.3) is 0 Å². The average molecular weight is 313 g/mol. The van der Waals surface area contributed by atoms with Crippen LogP contribution in [0.25, 0.3) is 0 Å². The lowest BCUT2D eigenvalue weighted by atomic mass is 10.1. The van der Waals surface area contributed by atoms with E-state index < -0.39 is 0 Å². The van der Waals surface area contributed by atoms with Gasteiger partial charge in [0.1, 0.15) is 0 Å². The van der Waals surface area contributed by atoms with Crippen LogP contribution in [0.3, 0.4) is 0 Å². The molecule has 4 nitrogen and oxygen atoms in total. The standard InChI is InChI=1S/C13H17BrN2O2/c1-16(7-8-17)13(18)15-12-6-5-9-10(12)3-2-4-11(9)14/h2-4,12,17H,5-8H2,1H3,(H,15,18). The van der Waals surface area contributed by atoms with E-state index in [1.54, 1.807) is 7.05 Å². The largest absolute Gasteiger partial charge is 0.395 e. The van der Waals surface area contributed by atoms with Gasteiger partial charge in [-0.05, 0) is 30.0 Å². The predicted molar refractivity (Wildman–Crippen MR) is 73.5 cm³/mol. The van der Waals surface area contributed by atoms with E-state index in [4.69, 9.17) is 5.11 Å². The minimum absolute atomic E-state index is 0.0171. The van der Waals surface area contributed by atoms with Crippen molar-refractivity contribution in [2.24, 2.45) is 0 Å². The van der Waals surface area contributed by atoms with Crippen LogP contribution >= 0.6 is 15.9 Å². The molecule has 0 radical (unpaired) electrons. The van der Waals surface area contributed by atoms with Crippen molar-refractivity contribution in [2.45, 2.75) is 18.9 Å². The smallest absolute Gasteiger partial charge is 0.317 e. The van der Waals surface area contributed by atoms with E-state index in [0.717, 1.165) is 17.3 Å². The molecule has 1 aromatic rings. The molecule has 2 amide bonds. The Hall–Kier alpha value is -1.07. The number of aliphatic hydroxyl groups excluding tert-OH is 1. The first-order valence-electron chi connectivity index (χ1n) is 6.03. The number of carbonyl (C=O) groups is 1. The third kappa shape index (κ3) is 2.67. The van der Waals surface area contributed by atoms with Crippen molar-refractivity contribution < 1.29 is 9.90 Å². The molecule has 98 valence electrons. The Kier molecular flexibility index (Phi) is 4.24. The second-order valence-electron chi connectivity index (χ2n) is 4.49. The molecule has 2 N–H and O–H groups in total. The molecule has 0 aliphatic heterocycles. The van der Waals surface area contributed by atoms with Gasteiger partial charge in [0.05, 0.1) is 12.6 Å². The van der Waals surface area contributed by atoms with Crippen molar-refractivity contribution in [1.82, 2.24) is 10.2 Å². The third-order valence-electron chi connectivity index (χ3n) is 3.29. The number of carbonyl (C=O) groups excluding carboxylic acids is 1. The molecule has 0 spiro atoms. The Morgan fingerprint density at radius 2 is 2.39 bits per heavy atom. The van der Waals surface area contributed by atoms with E-state index in [1.165, 1.54) is 16.0 Å². The van der Waals surface area contributed by atoms with Gasteiger partial charge >= 0.3 is 6.03 Å². The highest BCUT2D eigenvalue weighted by Gasteiger charge is 2.25. The lowest BCUT2D eigenvalue weighted by Crippen LogP contribution is -2.40. The van der Waals surface area contributed by atoms with Crippen LogP contribution in [-0.4, -0.2) is 36.2 Å². The number of benzene rings is 1. The topological polar surface area (TPSA) is 52.6 Å². The zero-order valence-electron chi connectivity index (χ0n) is 10.3. The van der Waals surface area contributed by atoms with Gasteiger partial charge in [0.2, 0.25) is 0 Å². The predicted octanol–water partition coefficient (Wildman–Crippen LogP) is 2.07. The van der Waals surface area contributed by atoms with Gasteiger partial charge in [0.15, 0.2) is 0 Å². The number of urea groups is 1. The highest BCUT2D eigenvalue weighted by Crippen LogP contribution is 2.35. The highest BCUT2D eigenvalue weighted by atomic mass is 79.9. The lowest BCUT2D eigenvalue weighted by Gasteiger charge is -2.20. The second-order valence-corrected chi connectivity index (χ2v) is 5.35. The lowest BCUT2D eigenvalue weighted by molar-refractivity contribution is 0.187. The molecule has 0 saturated heterocycles. The summed E-state index contributed by atoms with van der Waals surface area (Å²) in [6, 6.07) is 6.02. The van der Waals surface area contributed by atoms with Gasteiger partial charge in [-0.25, -0.2) is 4.79 Å². The number of halogens is 1. The summed E-state index contributed by atoms with van der Waals surface area (Å²) in [7, 11) is 1.68. The molecule has 1 aliphatic rings. The number of likely N-dealkylation sites (N-methyl/N-ethyl adjacent to an activating group) is 1. The highest BCUT2D eigenvalue weighted by molar-refractivity contribution is 9.10. The SMILES string of the molecule is CN(CCO)C(=O)NC1CCc2c(Br)cccc21. The molecule has 1 unspecified atom stereocenters. The Balaban J connectivity index is 2.06. The first-order valence-corrected chi connectivity index (χ1v) is 6.82. The van der Waals surface area contributed by atoms with Crippen molar-refractivity contribution in [2.75, 3.05) is 20.2 Å². The fraction of sp³-hybridized carbons (Fsp3) is 0.462. The molecule has 0 fully saturated rings.